The van der Waals surface area contributed by atoms with Gasteiger partial charge in [-0.05, 0) is 36.8 Å². The number of fused-ring (bicyclic) bond motifs is 1. The van der Waals surface area contributed by atoms with Crippen LogP contribution in [0.15, 0.2) is 23.1 Å². The van der Waals surface area contributed by atoms with Crippen molar-refractivity contribution in [3.05, 3.63) is 23.2 Å². The fraction of sp³-hybridized carbons (Fsp3) is 0.400. The first-order valence-corrected chi connectivity index (χ1v) is 5.89. The quantitative estimate of drug-likeness (QED) is 0.706. The van der Waals surface area contributed by atoms with Crippen molar-refractivity contribution < 1.29 is 0 Å². The average Bonchev–Trinajstić information content (AvgIpc) is 2.08. The molecule has 0 aliphatic carbocycles. The Morgan fingerprint density at radius 2 is 2.23 bits per heavy atom. The monoisotopic (exact) mass is 213 g/mol. The Balaban J connectivity index is 2.28. The number of halogens is 1. The highest BCUT2D eigenvalue weighted by molar-refractivity contribution is 7.99. The Bertz CT molecular complexity index is 301. The van der Waals surface area contributed by atoms with Crippen LogP contribution in [0.5, 0.6) is 0 Å². The predicted octanol–water partition coefficient (Wildman–Crippen LogP) is 3.64. The molecule has 1 N–H and O–H groups in total. The third-order valence-corrected chi connectivity index (χ3v) is 3.48. The summed E-state index contributed by atoms with van der Waals surface area (Å²) < 4.78 is 0. The van der Waals surface area contributed by atoms with Gasteiger partial charge in [-0.25, -0.2) is 0 Å². The van der Waals surface area contributed by atoms with Gasteiger partial charge in [0.15, 0.2) is 0 Å². The topological polar surface area (TPSA) is 12.0 Å². The largest absolute Gasteiger partial charge is 0.384 e. The summed E-state index contributed by atoms with van der Waals surface area (Å²) in [5.41, 5.74) is 1.19. The van der Waals surface area contributed by atoms with Crippen molar-refractivity contribution in [1.29, 1.82) is 0 Å². The molecule has 0 spiro atoms. The first-order chi connectivity index (χ1) is 6.36. The molecule has 0 fully saturated rings. The van der Waals surface area contributed by atoms with E-state index >= 15 is 0 Å². The van der Waals surface area contributed by atoms with E-state index in [1.807, 2.05) is 23.9 Å². The van der Waals surface area contributed by atoms with Crippen molar-refractivity contribution >= 4 is 29.1 Å². The molecule has 2 rings (SSSR count). The summed E-state index contributed by atoms with van der Waals surface area (Å²) in [6, 6.07) is 6.06. The molecular weight excluding hydrogens is 202 g/mol. The van der Waals surface area contributed by atoms with Gasteiger partial charge in [-0.3, -0.25) is 0 Å². The fourth-order valence-electron chi connectivity index (χ4n) is 1.40. The normalized spacial score (nSPS) is 16.7. The number of hydrogen-bond acceptors (Lipinski definition) is 2. The second-order valence-electron chi connectivity index (χ2n) is 3.12. The molecule has 1 aromatic rings. The number of rotatable bonds is 0. The summed E-state index contributed by atoms with van der Waals surface area (Å²) in [5, 5.41) is 4.21. The van der Waals surface area contributed by atoms with Crippen molar-refractivity contribution in [3.63, 3.8) is 0 Å². The smallest absolute Gasteiger partial charge is 0.0493 e. The Labute approximate surface area is 87.9 Å². The zero-order valence-corrected chi connectivity index (χ0v) is 8.92. The zero-order valence-electron chi connectivity index (χ0n) is 7.35. The molecule has 0 unspecified atom stereocenters. The molecule has 13 heavy (non-hydrogen) atoms. The molecule has 0 saturated carbocycles. The molecule has 0 atom stereocenters. The van der Waals surface area contributed by atoms with Crippen molar-refractivity contribution in [2.45, 2.75) is 17.7 Å². The van der Waals surface area contributed by atoms with E-state index in [1.54, 1.807) is 0 Å². The average molecular weight is 214 g/mol. The van der Waals surface area contributed by atoms with Gasteiger partial charge in [-0.2, -0.15) is 0 Å². The van der Waals surface area contributed by atoms with Crippen molar-refractivity contribution in [2.24, 2.45) is 0 Å². The van der Waals surface area contributed by atoms with Crippen molar-refractivity contribution in [2.75, 3.05) is 17.6 Å². The summed E-state index contributed by atoms with van der Waals surface area (Å²) >= 11 is 7.83. The van der Waals surface area contributed by atoms with Crippen LogP contribution in [0, 0.1) is 0 Å². The van der Waals surface area contributed by atoms with Gasteiger partial charge >= 0.3 is 0 Å². The lowest BCUT2D eigenvalue weighted by atomic mass is 10.3. The molecule has 0 amide bonds. The van der Waals surface area contributed by atoms with Gasteiger partial charge in [0.2, 0.25) is 0 Å². The molecule has 3 heteroatoms. The van der Waals surface area contributed by atoms with Crippen molar-refractivity contribution in [1.82, 2.24) is 0 Å². The molecule has 0 saturated heterocycles. The lowest BCUT2D eigenvalue weighted by molar-refractivity contribution is 0.835. The predicted molar refractivity (Wildman–Crippen MR) is 59.9 cm³/mol. The summed E-state index contributed by atoms with van der Waals surface area (Å²) in [4.78, 5) is 1.32. The lowest BCUT2D eigenvalue weighted by Gasteiger charge is -2.15. The van der Waals surface area contributed by atoms with Crippen LogP contribution in [0.2, 0.25) is 5.02 Å². The van der Waals surface area contributed by atoms with Crippen LogP contribution in [-0.4, -0.2) is 12.3 Å². The number of nitrogens with one attached hydrogen (secondary N) is 1. The molecule has 0 radical (unpaired) electrons. The van der Waals surface area contributed by atoms with Crippen molar-refractivity contribution in [3.8, 4) is 0 Å². The maximum absolute atomic E-state index is 5.92. The first kappa shape index (κ1) is 9.22. The van der Waals surface area contributed by atoms with Crippen LogP contribution in [0.25, 0.3) is 0 Å². The number of hydrogen-bond donors (Lipinski definition) is 1. The number of anilines is 1. The molecule has 1 heterocycles. The van der Waals surface area contributed by atoms with E-state index < -0.39 is 0 Å². The highest BCUT2D eigenvalue weighted by atomic mass is 35.5. The minimum Gasteiger partial charge on any atom is -0.384 e. The van der Waals surface area contributed by atoms with E-state index in [2.05, 4.69) is 11.4 Å². The molecule has 1 aliphatic heterocycles. The number of benzene rings is 1. The Hall–Kier alpha value is -0.340. The Morgan fingerprint density at radius 3 is 3.15 bits per heavy atom. The lowest BCUT2D eigenvalue weighted by Crippen LogP contribution is -2.05. The molecule has 0 bridgehead atoms. The Morgan fingerprint density at radius 1 is 1.31 bits per heavy atom. The second kappa shape index (κ2) is 4.25. The standard InChI is InChI=1S/C10H12ClNS/c11-8-3-4-10-9(7-8)12-5-1-2-6-13-10/h3-4,7,12H,1-2,5-6H2. The van der Waals surface area contributed by atoms with Crippen LogP contribution in [0.3, 0.4) is 0 Å². The fourth-order valence-corrected chi connectivity index (χ4v) is 2.59. The van der Waals surface area contributed by atoms with E-state index in [1.165, 1.54) is 29.2 Å². The SMILES string of the molecule is Clc1ccc2c(c1)NCCCCS2. The summed E-state index contributed by atoms with van der Waals surface area (Å²) in [6.45, 7) is 1.06. The van der Waals surface area contributed by atoms with Crippen LogP contribution in [-0.2, 0) is 0 Å². The minimum absolute atomic E-state index is 0.812. The van der Waals surface area contributed by atoms with Crippen LogP contribution >= 0.6 is 23.4 Å². The van der Waals surface area contributed by atoms with Gasteiger partial charge in [0.25, 0.3) is 0 Å². The van der Waals surface area contributed by atoms with Crippen LogP contribution < -0.4 is 5.32 Å². The molecule has 1 aliphatic rings. The van der Waals surface area contributed by atoms with E-state index in [9.17, 15) is 0 Å². The summed E-state index contributed by atoms with van der Waals surface area (Å²) in [6.07, 6.45) is 2.54. The maximum Gasteiger partial charge on any atom is 0.0493 e. The molecular formula is C10H12ClNS. The van der Waals surface area contributed by atoms with E-state index in [0.29, 0.717) is 0 Å². The van der Waals surface area contributed by atoms with Crippen LogP contribution in [0.4, 0.5) is 5.69 Å². The highest BCUT2D eigenvalue weighted by Crippen LogP contribution is 2.31. The molecule has 0 aromatic heterocycles. The van der Waals surface area contributed by atoms with E-state index in [4.69, 9.17) is 11.6 Å². The third kappa shape index (κ3) is 2.32. The summed E-state index contributed by atoms with van der Waals surface area (Å²) in [7, 11) is 0. The van der Waals surface area contributed by atoms with Gasteiger partial charge < -0.3 is 5.32 Å². The van der Waals surface area contributed by atoms with E-state index in [0.717, 1.165) is 11.6 Å². The zero-order chi connectivity index (χ0) is 9.10. The van der Waals surface area contributed by atoms with Gasteiger partial charge in [-0.1, -0.05) is 11.6 Å². The molecule has 70 valence electrons. The van der Waals surface area contributed by atoms with E-state index in [-0.39, 0.29) is 0 Å². The van der Waals surface area contributed by atoms with Gasteiger partial charge in [0.05, 0.1) is 0 Å². The third-order valence-electron chi connectivity index (χ3n) is 2.09. The number of thioether (sulfide) groups is 1. The van der Waals surface area contributed by atoms with Crippen LogP contribution in [0.1, 0.15) is 12.8 Å². The van der Waals surface area contributed by atoms with Gasteiger partial charge in [-0.15, -0.1) is 11.8 Å². The molecule has 1 nitrogen and oxygen atoms in total. The molecule has 1 aromatic carbocycles. The Kier molecular flexibility index (Phi) is 3.01. The van der Waals surface area contributed by atoms with Gasteiger partial charge in [0.1, 0.15) is 0 Å². The highest BCUT2D eigenvalue weighted by Gasteiger charge is 2.06. The minimum atomic E-state index is 0.812. The second-order valence-corrected chi connectivity index (χ2v) is 4.70. The maximum atomic E-state index is 5.92. The van der Waals surface area contributed by atoms with Gasteiger partial charge in [0, 0.05) is 22.2 Å². The summed E-state index contributed by atoms with van der Waals surface area (Å²) in [5.74, 6) is 1.22. The first-order valence-electron chi connectivity index (χ1n) is 4.52.